The molecule has 0 amide bonds. The number of hydrogen-bond donors (Lipinski definition) is 2. The molecule has 0 bridgehead atoms. The van der Waals surface area contributed by atoms with Gasteiger partial charge < -0.3 is 10.4 Å². The normalized spacial score (nSPS) is 14.5. The second kappa shape index (κ2) is 5.56. The molecule has 0 radical (unpaired) electrons. The van der Waals surface area contributed by atoms with Gasteiger partial charge in [-0.2, -0.15) is 0 Å². The Hall–Kier alpha value is -1.28. The molecule has 0 saturated carbocycles. The van der Waals surface area contributed by atoms with Gasteiger partial charge in [-0.15, -0.1) is 6.58 Å². The first-order chi connectivity index (χ1) is 7.19. The molecule has 2 nitrogen and oxygen atoms in total. The highest BCUT2D eigenvalue weighted by Gasteiger charge is 2.13. The number of phenols is 1. The lowest BCUT2D eigenvalue weighted by Gasteiger charge is -2.21. The lowest BCUT2D eigenvalue weighted by Crippen LogP contribution is -2.28. The fourth-order valence-electron chi connectivity index (χ4n) is 1.60. The highest BCUT2D eigenvalue weighted by molar-refractivity contribution is 5.34. The standard InChI is InChI=1S/C13H19NO/c1-4-10(3)14-12(5-2)11-8-6-7-9-13(11)15/h4,6-10,12,14-15H,1,5H2,2-3H3. The summed E-state index contributed by atoms with van der Waals surface area (Å²) in [6.07, 6.45) is 2.80. The summed E-state index contributed by atoms with van der Waals surface area (Å²) in [7, 11) is 0. The molecule has 0 aliphatic heterocycles. The Morgan fingerprint density at radius 3 is 2.67 bits per heavy atom. The quantitative estimate of drug-likeness (QED) is 0.724. The molecule has 0 spiro atoms. The molecule has 2 atom stereocenters. The average molecular weight is 205 g/mol. The fourth-order valence-corrected chi connectivity index (χ4v) is 1.60. The van der Waals surface area contributed by atoms with Crippen molar-refractivity contribution >= 4 is 0 Å². The number of nitrogens with one attached hydrogen (secondary N) is 1. The van der Waals surface area contributed by atoms with E-state index >= 15 is 0 Å². The van der Waals surface area contributed by atoms with E-state index in [1.807, 2.05) is 24.3 Å². The summed E-state index contributed by atoms with van der Waals surface area (Å²) >= 11 is 0. The van der Waals surface area contributed by atoms with Crippen molar-refractivity contribution in [2.24, 2.45) is 0 Å². The first-order valence-corrected chi connectivity index (χ1v) is 5.35. The maximum atomic E-state index is 9.73. The lowest BCUT2D eigenvalue weighted by molar-refractivity contribution is 0.433. The summed E-state index contributed by atoms with van der Waals surface area (Å²) in [6.45, 7) is 7.89. The van der Waals surface area contributed by atoms with E-state index in [2.05, 4.69) is 25.7 Å². The molecule has 1 aromatic rings. The number of hydrogen-bond acceptors (Lipinski definition) is 2. The van der Waals surface area contributed by atoms with E-state index < -0.39 is 0 Å². The summed E-state index contributed by atoms with van der Waals surface area (Å²) in [5.41, 5.74) is 0.953. The molecule has 1 rings (SSSR count). The maximum absolute atomic E-state index is 9.73. The number of rotatable bonds is 5. The van der Waals surface area contributed by atoms with E-state index in [0.29, 0.717) is 5.75 Å². The van der Waals surface area contributed by atoms with E-state index in [1.165, 1.54) is 0 Å². The molecule has 0 aromatic heterocycles. The zero-order valence-electron chi connectivity index (χ0n) is 9.40. The smallest absolute Gasteiger partial charge is 0.120 e. The van der Waals surface area contributed by atoms with Gasteiger partial charge in [0, 0.05) is 17.6 Å². The molecule has 2 N–H and O–H groups in total. The number of phenolic OH excluding ortho intramolecular Hbond substituents is 1. The van der Waals surface area contributed by atoms with Gasteiger partial charge in [-0.25, -0.2) is 0 Å². The van der Waals surface area contributed by atoms with Crippen LogP contribution in [0.15, 0.2) is 36.9 Å². The molecule has 82 valence electrons. The SMILES string of the molecule is C=CC(C)NC(CC)c1ccccc1O. The molecule has 15 heavy (non-hydrogen) atoms. The summed E-state index contributed by atoms with van der Waals surface area (Å²) in [5, 5.41) is 13.1. The van der Waals surface area contributed by atoms with Crippen LogP contribution >= 0.6 is 0 Å². The molecule has 0 aliphatic rings. The summed E-state index contributed by atoms with van der Waals surface area (Å²) in [5.74, 6) is 0.355. The van der Waals surface area contributed by atoms with Crippen molar-refractivity contribution in [3.8, 4) is 5.75 Å². The Morgan fingerprint density at radius 2 is 2.13 bits per heavy atom. The van der Waals surface area contributed by atoms with Gasteiger partial charge in [-0.3, -0.25) is 0 Å². The summed E-state index contributed by atoms with van der Waals surface area (Å²) < 4.78 is 0. The molecule has 2 unspecified atom stereocenters. The van der Waals surface area contributed by atoms with Crippen molar-refractivity contribution in [3.05, 3.63) is 42.5 Å². The molecule has 0 heterocycles. The van der Waals surface area contributed by atoms with Crippen molar-refractivity contribution in [1.29, 1.82) is 0 Å². The van der Waals surface area contributed by atoms with Crippen molar-refractivity contribution < 1.29 is 5.11 Å². The Kier molecular flexibility index (Phi) is 4.37. The second-order valence-electron chi connectivity index (χ2n) is 3.71. The van der Waals surface area contributed by atoms with Crippen LogP contribution in [-0.2, 0) is 0 Å². The van der Waals surface area contributed by atoms with E-state index in [-0.39, 0.29) is 12.1 Å². The minimum atomic E-state index is 0.180. The van der Waals surface area contributed by atoms with E-state index in [9.17, 15) is 5.11 Å². The van der Waals surface area contributed by atoms with Gasteiger partial charge in [0.25, 0.3) is 0 Å². The van der Waals surface area contributed by atoms with E-state index in [1.54, 1.807) is 6.07 Å². The third-order valence-corrected chi connectivity index (χ3v) is 2.54. The van der Waals surface area contributed by atoms with E-state index in [0.717, 1.165) is 12.0 Å². The highest BCUT2D eigenvalue weighted by atomic mass is 16.3. The summed E-state index contributed by atoms with van der Waals surface area (Å²) in [4.78, 5) is 0. The maximum Gasteiger partial charge on any atom is 0.120 e. The zero-order chi connectivity index (χ0) is 11.3. The third kappa shape index (κ3) is 3.10. The van der Waals surface area contributed by atoms with Gasteiger partial charge >= 0.3 is 0 Å². The lowest BCUT2D eigenvalue weighted by atomic mass is 10.0. The average Bonchev–Trinajstić information content (AvgIpc) is 2.26. The van der Waals surface area contributed by atoms with Crippen LogP contribution in [0.1, 0.15) is 31.9 Å². The van der Waals surface area contributed by atoms with Crippen LogP contribution in [0.2, 0.25) is 0 Å². The van der Waals surface area contributed by atoms with Gasteiger partial charge in [0.2, 0.25) is 0 Å². The second-order valence-corrected chi connectivity index (χ2v) is 3.71. The van der Waals surface area contributed by atoms with Gasteiger partial charge in [0.1, 0.15) is 5.75 Å². The number of benzene rings is 1. The molecule has 1 aromatic carbocycles. The molecule has 0 aliphatic carbocycles. The topological polar surface area (TPSA) is 32.3 Å². The van der Waals surface area contributed by atoms with E-state index in [4.69, 9.17) is 0 Å². The monoisotopic (exact) mass is 205 g/mol. The van der Waals surface area contributed by atoms with Crippen molar-refractivity contribution in [2.45, 2.75) is 32.4 Å². The molecular formula is C13H19NO. The first kappa shape index (κ1) is 11.8. The first-order valence-electron chi connectivity index (χ1n) is 5.35. The minimum absolute atomic E-state index is 0.180. The fraction of sp³-hybridized carbons (Fsp3) is 0.385. The van der Waals surface area contributed by atoms with Crippen LogP contribution < -0.4 is 5.32 Å². The molecule has 2 heteroatoms. The van der Waals surface area contributed by atoms with Gasteiger partial charge in [-0.1, -0.05) is 31.2 Å². The van der Waals surface area contributed by atoms with Crippen LogP contribution in [0, 0.1) is 0 Å². The van der Waals surface area contributed by atoms with Crippen LogP contribution in [0.5, 0.6) is 5.75 Å². The van der Waals surface area contributed by atoms with Crippen molar-refractivity contribution in [1.82, 2.24) is 5.32 Å². The highest BCUT2D eigenvalue weighted by Crippen LogP contribution is 2.26. The molecular weight excluding hydrogens is 186 g/mol. The zero-order valence-corrected chi connectivity index (χ0v) is 9.40. The number of para-hydroxylation sites is 1. The molecule has 0 saturated heterocycles. The van der Waals surface area contributed by atoms with Crippen LogP contribution in [-0.4, -0.2) is 11.1 Å². The van der Waals surface area contributed by atoms with Gasteiger partial charge in [0.05, 0.1) is 0 Å². The van der Waals surface area contributed by atoms with Crippen molar-refractivity contribution in [3.63, 3.8) is 0 Å². The predicted molar refractivity (Wildman–Crippen MR) is 63.9 cm³/mol. The minimum Gasteiger partial charge on any atom is -0.508 e. The summed E-state index contributed by atoms with van der Waals surface area (Å²) in [6, 6.07) is 7.87. The van der Waals surface area contributed by atoms with Crippen LogP contribution in [0.25, 0.3) is 0 Å². The van der Waals surface area contributed by atoms with Crippen molar-refractivity contribution in [2.75, 3.05) is 0 Å². The van der Waals surface area contributed by atoms with Gasteiger partial charge in [0.15, 0.2) is 0 Å². The largest absolute Gasteiger partial charge is 0.508 e. The molecule has 0 fully saturated rings. The Bertz CT molecular complexity index is 322. The predicted octanol–water partition coefficient (Wildman–Crippen LogP) is 3.01. The van der Waals surface area contributed by atoms with Crippen LogP contribution in [0.4, 0.5) is 0 Å². The van der Waals surface area contributed by atoms with Gasteiger partial charge in [-0.05, 0) is 19.4 Å². The Balaban J connectivity index is 2.83. The van der Waals surface area contributed by atoms with Crippen LogP contribution in [0.3, 0.4) is 0 Å². The third-order valence-electron chi connectivity index (χ3n) is 2.54. The Labute approximate surface area is 91.6 Å². The Morgan fingerprint density at radius 1 is 1.47 bits per heavy atom. The number of aromatic hydroxyl groups is 1.